The van der Waals surface area contributed by atoms with Crippen molar-refractivity contribution < 1.29 is 4.79 Å². The molecule has 0 amide bonds. The fourth-order valence-electron chi connectivity index (χ4n) is 1.50. The van der Waals surface area contributed by atoms with Gasteiger partial charge in [0, 0.05) is 30.9 Å². The van der Waals surface area contributed by atoms with Gasteiger partial charge < -0.3 is 4.57 Å². The summed E-state index contributed by atoms with van der Waals surface area (Å²) in [5.74, 6) is 0.491. The molecule has 16 heavy (non-hydrogen) atoms. The number of nitrogens with zero attached hydrogens (tertiary/aromatic N) is 2. The van der Waals surface area contributed by atoms with Crippen molar-refractivity contribution in [3.05, 3.63) is 53.1 Å². The van der Waals surface area contributed by atoms with E-state index in [1.54, 1.807) is 29.1 Å². The van der Waals surface area contributed by atoms with Gasteiger partial charge in [-0.25, -0.2) is 4.98 Å². The minimum Gasteiger partial charge on any atom is -0.332 e. The van der Waals surface area contributed by atoms with E-state index in [0.717, 1.165) is 5.56 Å². The third-order valence-corrected chi connectivity index (χ3v) is 2.60. The van der Waals surface area contributed by atoms with Crippen LogP contribution < -0.4 is 0 Å². The zero-order valence-electron chi connectivity index (χ0n) is 8.85. The second-order valence-corrected chi connectivity index (χ2v) is 4.02. The van der Waals surface area contributed by atoms with Crippen LogP contribution in [0.5, 0.6) is 0 Å². The SMILES string of the molecule is Cn1ccnc1C(=O)Cc1ccc(Cl)cc1. The number of Topliss-reactive ketones (excluding diaryl/α,β-unsaturated/α-hetero) is 1. The Labute approximate surface area is 98.7 Å². The van der Waals surface area contributed by atoms with Crippen LogP contribution >= 0.6 is 11.6 Å². The average molecular weight is 235 g/mol. The van der Waals surface area contributed by atoms with Crippen LogP contribution in [0.15, 0.2) is 36.7 Å². The molecule has 0 aliphatic heterocycles. The summed E-state index contributed by atoms with van der Waals surface area (Å²) in [5, 5.41) is 0.674. The van der Waals surface area contributed by atoms with Crippen LogP contribution in [0.4, 0.5) is 0 Å². The fourth-order valence-corrected chi connectivity index (χ4v) is 1.63. The molecule has 0 spiro atoms. The molecular formula is C12H11ClN2O. The first kappa shape index (κ1) is 10.9. The third-order valence-electron chi connectivity index (χ3n) is 2.35. The first-order valence-corrected chi connectivity index (χ1v) is 5.29. The lowest BCUT2D eigenvalue weighted by Gasteiger charge is -2.01. The lowest BCUT2D eigenvalue weighted by atomic mass is 10.1. The zero-order valence-corrected chi connectivity index (χ0v) is 9.61. The van der Waals surface area contributed by atoms with Crippen molar-refractivity contribution in [2.45, 2.75) is 6.42 Å². The Morgan fingerprint density at radius 1 is 1.38 bits per heavy atom. The molecule has 0 saturated carbocycles. The number of hydrogen-bond acceptors (Lipinski definition) is 2. The lowest BCUT2D eigenvalue weighted by molar-refractivity contribution is 0.0980. The number of imidazole rings is 1. The van der Waals surface area contributed by atoms with Gasteiger partial charge in [-0.05, 0) is 17.7 Å². The smallest absolute Gasteiger partial charge is 0.202 e. The molecular weight excluding hydrogens is 224 g/mol. The summed E-state index contributed by atoms with van der Waals surface area (Å²) >= 11 is 5.77. The van der Waals surface area contributed by atoms with Gasteiger partial charge in [-0.15, -0.1) is 0 Å². The molecule has 0 aliphatic rings. The van der Waals surface area contributed by atoms with E-state index in [4.69, 9.17) is 11.6 Å². The van der Waals surface area contributed by atoms with E-state index < -0.39 is 0 Å². The number of ketones is 1. The first-order chi connectivity index (χ1) is 7.66. The summed E-state index contributed by atoms with van der Waals surface area (Å²) in [6, 6.07) is 7.26. The number of aromatic nitrogens is 2. The maximum absolute atomic E-state index is 11.9. The molecule has 0 radical (unpaired) electrons. The summed E-state index contributed by atoms with van der Waals surface area (Å²) in [4.78, 5) is 15.9. The van der Waals surface area contributed by atoms with E-state index in [-0.39, 0.29) is 5.78 Å². The predicted molar refractivity (Wildman–Crippen MR) is 62.7 cm³/mol. The van der Waals surface area contributed by atoms with Crippen molar-refractivity contribution in [3.8, 4) is 0 Å². The highest BCUT2D eigenvalue weighted by atomic mass is 35.5. The topological polar surface area (TPSA) is 34.9 Å². The molecule has 1 heterocycles. The van der Waals surface area contributed by atoms with E-state index >= 15 is 0 Å². The minimum absolute atomic E-state index is 0.00909. The normalized spacial score (nSPS) is 10.4. The average Bonchev–Trinajstić information content (AvgIpc) is 2.68. The van der Waals surface area contributed by atoms with Gasteiger partial charge in [0.05, 0.1) is 0 Å². The van der Waals surface area contributed by atoms with Gasteiger partial charge in [0.2, 0.25) is 5.78 Å². The largest absolute Gasteiger partial charge is 0.332 e. The quantitative estimate of drug-likeness (QED) is 0.765. The maximum Gasteiger partial charge on any atom is 0.202 e. The Morgan fingerprint density at radius 3 is 2.62 bits per heavy atom. The highest BCUT2D eigenvalue weighted by Crippen LogP contribution is 2.11. The molecule has 0 N–H and O–H groups in total. The molecule has 3 nitrogen and oxygen atoms in total. The number of halogens is 1. The van der Waals surface area contributed by atoms with Crippen molar-refractivity contribution in [3.63, 3.8) is 0 Å². The van der Waals surface area contributed by atoms with Crippen LogP contribution in [-0.4, -0.2) is 15.3 Å². The number of hydrogen-bond donors (Lipinski definition) is 0. The van der Waals surface area contributed by atoms with Crippen molar-refractivity contribution in [1.29, 1.82) is 0 Å². The molecule has 0 fully saturated rings. The third kappa shape index (κ3) is 2.31. The molecule has 2 aromatic rings. The number of benzene rings is 1. The van der Waals surface area contributed by atoms with Crippen molar-refractivity contribution >= 4 is 17.4 Å². The second-order valence-electron chi connectivity index (χ2n) is 3.59. The van der Waals surface area contributed by atoms with Crippen LogP contribution in [0.1, 0.15) is 16.2 Å². The number of carbonyl (C=O) groups excluding carboxylic acids is 1. The second kappa shape index (κ2) is 4.49. The Hall–Kier alpha value is -1.61. The molecule has 4 heteroatoms. The van der Waals surface area contributed by atoms with Gasteiger partial charge in [0.1, 0.15) is 0 Å². The van der Waals surface area contributed by atoms with Crippen LogP contribution in [0.2, 0.25) is 5.02 Å². The summed E-state index contributed by atoms with van der Waals surface area (Å²) in [6.07, 6.45) is 3.73. The van der Waals surface area contributed by atoms with E-state index in [1.165, 1.54) is 0 Å². The maximum atomic E-state index is 11.9. The summed E-state index contributed by atoms with van der Waals surface area (Å²) < 4.78 is 1.72. The van der Waals surface area contributed by atoms with E-state index in [1.807, 2.05) is 19.2 Å². The molecule has 1 aromatic carbocycles. The molecule has 82 valence electrons. The minimum atomic E-state index is 0.00909. The molecule has 0 aliphatic carbocycles. The van der Waals surface area contributed by atoms with E-state index in [9.17, 15) is 4.79 Å². The van der Waals surface area contributed by atoms with Crippen molar-refractivity contribution in [2.24, 2.45) is 7.05 Å². The number of aryl methyl sites for hydroxylation is 1. The highest BCUT2D eigenvalue weighted by Gasteiger charge is 2.11. The van der Waals surface area contributed by atoms with Crippen LogP contribution in [0.25, 0.3) is 0 Å². The summed E-state index contributed by atoms with van der Waals surface area (Å²) in [7, 11) is 1.81. The molecule has 0 atom stereocenters. The van der Waals surface area contributed by atoms with Gasteiger partial charge in [0.15, 0.2) is 5.82 Å². The van der Waals surface area contributed by atoms with E-state index in [2.05, 4.69) is 4.98 Å². The zero-order chi connectivity index (χ0) is 11.5. The number of carbonyl (C=O) groups is 1. The molecule has 1 aromatic heterocycles. The van der Waals surface area contributed by atoms with E-state index in [0.29, 0.717) is 17.3 Å². The Kier molecular flexibility index (Phi) is 3.06. The van der Waals surface area contributed by atoms with Gasteiger partial charge in [-0.2, -0.15) is 0 Å². The Morgan fingerprint density at radius 2 is 2.06 bits per heavy atom. The number of rotatable bonds is 3. The van der Waals surface area contributed by atoms with Crippen LogP contribution in [0.3, 0.4) is 0 Å². The monoisotopic (exact) mass is 234 g/mol. The molecule has 0 unspecified atom stereocenters. The Bertz CT molecular complexity index is 502. The van der Waals surface area contributed by atoms with Crippen LogP contribution in [-0.2, 0) is 13.5 Å². The Balaban J connectivity index is 2.14. The standard InChI is InChI=1S/C12H11ClN2O/c1-15-7-6-14-12(15)11(16)8-9-2-4-10(13)5-3-9/h2-7H,8H2,1H3. The van der Waals surface area contributed by atoms with Gasteiger partial charge >= 0.3 is 0 Å². The van der Waals surface area contributed by atoms with Crippen molar-refractivity contribution in [2.75, 3.05) is 0 Å². The summed E-state index contributed by atoms with van der Waals surface area (Å²) in [6.45, 7) is 0. The van der Waals surface area contributed by atoms with Crippen molar-refractivity contribution in [1.82, 2.24) is 9.55 Å². The van der Waals surface area contributed by atoms with Crippen LogP contribution in [0, 0.1) is 0 Å². The predicted octanol–water partition coefficient (Wildman–Crippen LogP) is 2.50. The molecule has 2 rings (SSSR count). The summed E-state index contributed by atoms with van der Waals surface area (Å²) in [5.41, 5.74) is 0.942. The highest BCUT2D eigenvalue weighted by molar-refractivity contribution is 6.30. The molecule has 0 bridgehead atoms. The lowest BCUT2D eigenvalue weighted by Crippen LogP contribution is -2.09. The van der Waals surface area contributed by atoms with Gasteiger partial charge in [-0.3, -0.25) is 4.79 Å². The first-order valence-electron chi connectivity index (χ1n) is 4.92. The van der Waals surface area contributed by atoms with Gasteiger partial charge in [0.25, 0.3) is 0 Å². The fraction of sp³-hybridized carbons (Fsp3) is 0.167. The molecule has 0 saturated heterocycles. The van der Waals surface area contributed by atoms with Gasteiger partial charge in [-0.1, -0.05) is 23.7 Å².